The number of aliphatic hydroxyl groups excluding tert-OH is 1. The first kappa shape index (κ1) is 18.2. The molecule has 0 aromatic carbocycles. The Balaban J connectivity index is 1.81. The van der Waals surface area contributed by atoms with Crippen LogP contribution in [0.3, 0.4) is 0 Å². The molecule has 9 heteroatoms. The predicted octanol–water partition coefficient (Wildman–Crippen LogP) is 1.02. The van der Waals surface area contributed by atoms with Crippen molar-refractivity contribution in [2.24, 2.45) is 17.0 Å². The van der Waals surface area contributed by atoms with Gasteiger partial charge in [0.15, 0.2) is 5.65 Å². The summed E-state index contributed by atoms with van der Waals surface area (Å²) in [5.74, 6) is 0.282. The number of aliphatic hydroxyl groups is 1. The Kier molecular flexibility index (Phi) is 5.08. The van der Waals surface area contributed by atoms with E-state index >= 15 is 0 Å². The van der Waals surface area contributed by atoms with Crippen LogP contribution in [0.5, 0.6) is 0 Å². The smallest absolute Gasteiger partial charge is 0.209 e. The number of hydrogen-bond donors (Lipinski definition) is 2. The molecular formula is C16H25N5O3S. The molecule has 2 aromatic heterocycles. The van der Waals surface area contributed by atoms with Gasteiger partial charge in [0.1, 0.15) is 11.8 Å². The number of nitrogens with zero attached hydrogens (tertiary/aromatic N) is 4. The average molecular weight is 367 g/mol. The fourth-order valence-electron chi connectivity index (χ4n) is 3.63. The lowest BCUT2D eigenvalue weighted by Gasteiger charge is -2.13. The van der Waals surface area contributed by atoms with Crippen molar-refractivity contribution >= 4 is 21.2 Å². The zero-order valence-electron chi connectivity index (χ0n) is 14.5. The summed E-state index contributed by atoms with van der Waals surface area (Å²) < 4.78 is 24.3. The maximum Gasteiger partial charge on any atom is 0.209 e. The zero-order valence-corrected chi connectivity index (χ0v) is 15.4. The van der Waals surface area contributed by atoms with E-state index < -0.39 is 16.1 Å². The average Bonchev–Trinajstić information content (AvgIpc) is 3.08. The summed E-state index contributed by atoms with van der Waals surface area (Å²) in [5, 5.41) is 15.4. The lowest BCUT2D eigenvalue weighted by Crippen LogP contribution is -2.22. The van der Waals surface area contributed by atoms with Crippen LogP contribution in [0.15, 0.2) is 12.7 Å². The lowest BCUT2D eigenvalue weighted by molar-refractivity contribution is 0.129. The molecule has 1 aliphatic rings. The van der Waals surface area contributed by atoms with Crippen LogP contribution in [0.25, 0.3) is 11.2 Å². The molecule has 25 heavy (non-hydrogen) atoms. The molecule has 2 heterocycles. The molecule has 1 saturated carbocycles. The van der Waals surface area contributed by atoms with Crippen LogP contribution >= 0.6 is 0 Å². The Morgan fingerprint density at radius 2 is 2.08 bits per heavy atom. The van der Waals surface area contributed by atoms with Gasteiger partial charge >= 0.3 is 0 Å². The Labute approximate surface area is 147 Å². The van der Waals surface area contributed by atoms with E-state index in [9.17, 15) is 13.5 Å². The van der Waals surface area contributed by atoms with E-state index in [4.69, 9.17) is 5.14 Å². The van der Waals surface area contributed by atoms with Gasteiger partial charge in [0.2, 0.25) is 10.0 Å². The van der Waals surface area contributed by atoms with Crippen molar-refractivity contribution in [3.05, 3.63) is 18.3 Å². The highest BCUT2D eigenvalue weighted by Crippen LogP contribution is 2.38. The first-order valence-corrected chi connectivity index (χ1v) is 10.3. The van der Waals surface area contributed by atoms with E-state index in [1.54, 1.807) is 12.7 Å². The summed E-state index contributed by atoms with van der Waals surface area (Å²) in [7, 11) is -3.51. The number of imidazole rings is 1. The molecule has 0 saturated heterocycles. The molecule has 0 unspecified atom stereocenters. The van der Waals surface area contributed by atoms with Gasteiger partial charge in [0, 0.05) is 6.04 Å². The highest BCUT2D eigenvalue weighted by Gasteiger charge is 2.35. The van der Waals surface area contributed by atoms with Crippen molar-refractivity contribution in [3.63, 3.8) is 0 Å². The van der Waals surface area contributed by atoms with Gasteiger partial charge in [0.25, 0.3) is 0 Å². The Bertz CT molecular complexity index is 849. The van der Waals surface area contributed by atoms with E-state index in [-0.39, 0.29) is 17.7 Å². The molecule has 0 spiro atoms. The molecule has 1 fully saturated rings. The van der Waals surface area contributed by atoms with Gasteiger partial charge in [-0.1, -0.05) is 13.8 Å². The van der Waals surface area contributed by atoms with Crippen LogP contribution in [0, 0.1) is 11.8 Å². The number of hydrogen-bond acceptors (Lipinski definition) is 6. The number of nitrogens with two attached hydrogens (primary N) is 1. The highest BCUT2D eigenvalue weighted by molar-refractivity contribution is 7.89. The standard InChI is InChI=1S/C16H25N5O3S/c1-10(2)5-13-15-16(19-8-18-13)21(9-20-15)12-6-11(14(22)7-12)3-4-25(17,23)24/h8-12,14,22H,3-7H2,1-2H3,(H2,17,23,24)/t11-,12+,14+/m0/s1. The molecule has 138 valence electrons. The quantitative estimate of drug-likeness (QED) is 0.785. The molecule has 2 aromatic rings. The van der Waals surface area contributed by atoms with Crippen LogP contribution in [0.2, 0.25) is 0 Å². The fourth-order valence-corrected chi connectivity index (χ4v) is 4.26. The topological polar surface area (TPSA) is 124 Å². The van der Waals surface area contributed by atoms with Gasteiger partial charge in [-0.25, -0.2) is 28.5 Å². The Morgan fingerprint density at radius 3 is 2.76 bits per heavy atom. The summed E-state index contributed by atoms with van der Waals surface area (Å²) in [6.45, 7) is 4.27. The largest absolute Gasteiger partial charge is 0.393 e. The van der Waals surface area contributed by atoms with Crippen LogP contribution in [0.1, 0.15) is 44.8 Å². The number of aromatic nitrogens is 4. The summed E-state index contributed by atoms with van der Waals surface area (Å²) in [6, 6.07) is 0.0484. The first-order chi connectivity index (χ1) is 11.7. The second-order valence-corrected chi connectivity index (χ2v) is 9.08. The van der Waals surface area contributed by atoms with Crippen molar-refractivity contribution in [2.75, 3.05) is 5.75 Å². The van der Waals surface area contributed by atoms with Gasteiger partial charge in [-0.2, -0.15) is 0 Å². The van der Waals surface area contributed by atoms with Gasteiger partial charge < -0.3 is 9.67 Å². The van der Waals surface area contributed by atoms with E-state index in [0.717, 1.165) is 23.3 Å². The van der Waals surface area contributed by atoms with Crippen LogP contribution in [-0.4, -0.2) is 44.9 Å². The maximum absolute atomic E-state index is 11.2. The molecule has 3 atom stereocenters. The molecule has 0 radical (unpaired) electrons. The minimum absolute atomic E-state index is 0.0484. The number of fused-ring (bicyclic) bond motifs is 1. The van der Waals surface area contributed by atoms with Crippen molar-refractivity contribution in [1.29, 1.82) is 0 Å². The highest BCUT2D eigenvalue weighted by atomic mass is 32.2. The van der Waals surface area contributed by atoms with E-state index in [2.05, 4.69) is 28.8 Å². The first-order valence-electron chi connectivity index (χ1n) is 8.59. The van der Waals surface area contributed by atoms with Crippen LogP contribution in [0.4, 0.5) is 0 Å². The second kappa shape index (κ2) is 6.97. The fraction of sp³-hybridized carbons (Fsp3) is 0.688. The third kappa shape index (κ3) is 4.16. The third-order valence-corrected chi connectivity index (χ3v) is 5.64. The maximum atomic E-state index is 11.2. The minimum Gasteiger partial charge on any atom is -0.393 e. The second-order valence-electron chi connectivity index (χ2n) is 7.35. The Hall–Kier alpha value is -1.58. The summed E-state index contributed by atoms with van der Waals surface area (Å²) in [6.07, 6.45) is 5.22. The van der Waals surface area contributed by atoms with Crippen molar-refractivity contribution in [1.82, 2.24) is 19.5 Å². The monoisotopic (exact) mass is 367 g/mol. The molecule has 3 N–H and O–H groups in total. The van der Waals surface area contributed by atoms with Crippen molar-refractivity contribution in [2.45, 2.75) is 51.7 Å². The number of primary sulfonamides is 1. The molecule has 3 rings (SSSR count). The lowest BCUT2D eigenvalue weighted by atomic mass is 10.0. The number of sulfonamides is 1. The van der Waals surface area contributed by atoms with Crippen LogP contribution < -0.4 is 5.14 Å². The van der Waals surface area contributed by atoms with Gasteiger partial charge in [-0.05, 0) is 37.5 Å². The third-order valence-electron chi connectivity index (χ3n) is 4.84. The normalized spacial score (nSPS) is 24.4. The Morgan fingerprint density at radius 1 is 1.32 bits per heavy atom. The molecule has 0 aliphatic heterocycles. The zero-order chi connectivity index (χ0) is 18.2. The van der Waals surface area contributed by atoms with Gasteiger partial charge in [0.05, 0.1) is 23.9 Å². The summed E-state index contributed by atoms with van der Waals surface area (Å²) in [5.41, 5.74) is 2.51. The van der Waals surface area contributed by atoms with Crippen molar-refractivity contribution < 1.29 is 13.5 Å². The number of rotatable bonds is 6. The van der Waals surface area contributed by atoms with Crippen molar-refractivity contribution in [3.8, 4) is 0 Å². The van der Waals surface area contributed by atoms with E-state index in [1.165, 1.54) is 0 Å². The molecular weight excluding hydrogens is 342 g/mol. The molecule has 8 nitrogen and oxygen atoms in total. The predicted molar refractivity (Wildman–Crippen MR) is 94.2 cm³/mol. The molecule has 0 bridgehead atoms. The molecule has 1 aliphatic carbocycles. The van der Waals surface area contributed by atoms with Gasteiger partial charge in [-0.15, -0.1) is 0 Å². The SMILES string of the molecule is CC(C)Cc1ncnc2c1ncn2[C@@H]1C[C@H](CCS(N)(=O)=O)[C@H](O)C1. The summed E-state index contributed by atoms with van der Waals surface area (Å²) >= 11 is 0. The van der Waals surface area contributed by atoms with E-state index in [0.29, 0.717) is 25.2 Å². The summed E-state index contributed by atoms with van der Waals surface area (Å²) in [4.78, 5) is 13.2. The van der Waals surface area contributed by atoms with E-state index in [1.807, 2.05) is 4.57 Å². The minimum atomic E-state index is -3.51. The molecule has 0 amide bonds. The van der Waals surface area contributed by atoms with Gasteiger partial charge in [-0.3, -0.25) is 0 Å². The van der Waals surface area contributed by atoms with Crippen LogP contribution in [-0.2, 0) is 16.4 Å².